The number of aromatic nitrogens is 3. The molecule has 0 fully saturated rings. The van der Waals surface area contributed by atoms with Gasteiger partial charge in [0, 0.05) is 18.7 Å². The molecule has 0 bridgehead atoms. The molecule has 1 amide bonds. The summed E-state index contributed by atoms with van der Waals surface area (Å²) in [7, 11) is 1.63. The van der Waals surface area contributed by atoms with Crippen LogP contribution in [0.5, 0.6) is 5.75 Å². The van der Waals surface area contributed by atoms with Gasteiger partial charge in [-0.2, -0.15) is 0 Å². The maximum atomic E-state index is 12.3. The quantitative estimate of drug-likeness (QED) is 0.788. The fourth-order valence-corrected chi connectivity index (χ4v) is 2.99. The highest BCUT2D eigenvalue weighted by atomic mass is 32.2. The SMILES string of the molecule is CCN(CC)C(=O)C(C)Sc1n[nH]c(-c2ccc(OC)cc2)n1. The molecule has 1 N–H and O–H groups in total. The molecule has 0 aliphatic carbocycles. The van der Waals surface area contributed by atoms with Gasteiger partial charge in [-0.1, -0.05) is 11.8 Å². The summed E-state index contributed by atoms with van der Waals surface area (Å²) in [5.41, 5.74) is 0.924. The van der Waals surface area contributed by atoms with Crippen LogP contribution in [0.25, 0.3) is 11.4 Å². The topological polar surface area (TPSA) is 71.1 Å². The van der Waals surface area contributed by atoms with Gasteiger partial charge in [-0.25, -0.2) is 4.98 Å². The molecule has 1 aromatic heterocycles. The predicted molar refractivity (Wildman–Crippen MR) is 91.6 cm³/mol. The summed E-state index contributed by atoms with van der Waals surface area (Å²) in [6.45, 7) is 7.27. The Morgan fingerprint density at radius 3 is 2.52 bits per heavy atom. The molecule has 1 unspecified atom stereocenters. The van der Waals surface area contributed by atoms with E-state index < -0.39 is 0 Å². The van der Waals surface area contributed by atoms with Gasteiger partial charge in [-0.15, -0.1) is 5.10 Å². The lowest BCUT2D eigenvalue weighted by Gasteiger charge is -2.21. The Morgan fingerprint density at radius 1 is 1.30 bits per heavy atom. The van der Waals surface area contributed by atoms with Crippen molar-refractivity contribution in [3.63, 3.8) is 0 Å². The summed E-state index contributed by atoms with van der Waals surface area (Å²) in [6, 6.07) is 7.57. The number of carbonyl (C=O) groups is 1. The first-order valence-electron chi connectivity index (χ1n) is 7.61. The molecule has 0 saturated heterocycles. The number of H-pyrrole nitrogens is 1. The lowest BCUT2D eigenvalue weighted by atomic mass is 10.2. The van der Waals surface area contributed by atoms with Crippen molar-refractivity contribution in [2.24, 2.45) is 0 Å². The molecule has 2 aromatic rings. The highest BCUT2D eigenvalue weighted by molar-refractivity contribution is 8.00. The van der Waals surface area contributed by atoms with Gasteiger partial charge in [0.25, 0.3) is 0 Å². The van der Waals surface area contributed by atoms with Crippen LogP contribution in [0.15, 0.2) is 29.4 Å². The second kappa shape index (κ2) is 8.01. The normalized spacial score (nSPS) is 12.0. The number of hydrogen-bond donors (Lipinski definition) is 1. The molecule has 0 spiro atoms. The maximum Gasteiger partial charge on any atom is 0.235 e. The molecule has 0 radical (unpaired) electrons. The van der Waals surface area contributed by atoms with Crippen LogP contribution in [0.1, 0.15) is 20.8 Å². The number of benzene rings is 1. The van der Waals surface area contributed by atoms with E-state index >= 15 is 0 Å². The van der Waals surface area contributed by atoms with Gasteiger partial charge >= 0.3 is 0 Å². The molecule has 6 nitrogen and oxygen atoms in total. The van der Waals surface area contributed by atoms with Crippen molar-refractivity contribution in [3.05, 3.63) is 24.3 Å². The molecular weight excluding hydrogens is 312 g/mol. The maximum absolute atomic E-state index is 12.3. The Bertz CT molecular complexity index is 638. The molecule has 7 heteroatoms. The fourth-order valence-electron chi connectivity index (χ4n) is 2.18. The van der Waals surface area contributed by atoms with E-state index in [1.807, 2.05) is 49.9 Å². The van der Waals surface area contributed by atoms with E-state index in [1.54, 1.807) is 7.11 Å². The van der Waals surface area contributed by atoms with Crippen molar-refractivity contribution in [2.45, 2.75) is 31.2 Å². The number of ether oxygens (including phenoxy) is 1. The van der Waals surface area contributed by atoms with Gasteiger partial charge in [0.1, 0.15) is 5.75 Å². The monoisotopic (exact) mass is 334 g/mol. The van der Waals surface area contributed by atoms with Crippen molar-refractivity contribution in [1.29, 1.82) is 0 Å². The van der Waals surface area contributed by atoms with Crippen molar-refractivity contribution < 1.29 is 9.53 Å². The van der Waals surface area contributed by atoms with E-state index in [1.165, 1.54) is 11.8 Å². The second-order valence-corrected chi connectivity index (χ2v) is 6.27. The minimum atomic E-state index is -0.214. The molecule has 124 valence electrons. The number of aromatic amines is 1. The number of nitrogens with zero attached hydrogens (tertiary/aromatic N) is 3. The lowest BCUT2D eigenvalue weighted by Crippen LogP contribution is -2.36. The van der Waals surface area contributed by atoms with Crippen molar-refractivity contribution >= 4 is 17.7 Å². The summed E-state index contributed by atoms with van der Waals surface area (Å²) >= 11 is 1.36. The Hall–Kier alpha value is -2.02. The number of rotatable bonds is 7. The molecule has 2 rings (SSSR count). The van der Waals surface area contributed by atoms with Crippen LogP contribution in [0, 0.1) is 0 Å². The zero-order valence-electron chi connectivity index (χ0n) is 13.9. The number of methoxy groups -OCH3 is 1. The number of amides is 1. The van der Waals surface area contributed by atoms with Crippen LogP contribution in [0.4, 0.5) is 0 Å². The molecule has 1 atom stereocenters. The minimum Gasteiger partial charge on any atom is -0.497 e. The predicted octanol–water partition coefficient (Wildman–Crippen LogP) is 2.83. The van der Waals surface area contributed by atoms with Crippen LogP contribution in [0.2, 0.25) is 0 Å². The van der Waals surface area contributed by atoms with Gasteiger partial charge < -0.3 is 9.64 Å². The highest BCUT2D eigenvalue weighted by Crippen LogP contribution is 2.24. The van der Waals surface area contributed by atoms with E-state index in [-0.39, 0.29) is 11.2 Å². The second-order valence-electron chi connectivity index (χ2n) is 4.97. The van der Waals surface area contributed by atoms with Gasteiger partial charge in [0.2, 0.25) is 11.1 Å². The van der Waals surface area contributed by atoms with Crippen molar-refractivity contribution in [2.75, 3.05) is 20.2 Å². The number of hydrogen-bond acceptors (Lipinski definition) is 5. The molecule has 1 heterocycles. The van der Waals surface area contributed by atoms with Crippen molar-refractivity contribution in [1.82, 2.24) is 20.1 Å². The van der Waals surface area contributed by atoms with Gasteiger partial charge in [0.15, 0.2) is 5.82 Å². The summed E-state index contributed by atoms with van der Waals surface area (Å²) < 4.78 is 5.14. The zero-order valence-corrected chi connectivity index (χ0v) is 14.7. The van der Waals surface area contributed by atoms with Crippen LogP contribution in [0.3, 0.4) is 0 Å². The van der Waals surface area contributed by atoms with Gasteiger partial charge in [0.05, 0.1) is 12.4 Å². The van der Waals surface area contributed by atoms with Crippen LogP contribution >= 0.6 is 11.8 Å². The van der Waals surface area contributed by atoms with Gasteiger partial charge in [-0.3, -0.25) is 9.89 Å². The third-order valence-electron chi connectivity index (χ3n) is 3.53. The zero-order chi connectivity index (χ0) is 16.8. The lowest BCUT2D eigenvalue weighted by molar-refractivity contribution is -0.129. The Morgan fingerprint density at radius 2 is 1.96 bits per heavy atom. The summed E-state index contributed by atoms with van der Waals surface area (Å²) in [6.07, 6.45) is 0. The first kappa shape index (κ1) is 17.3. The molecule has 0 saturated carbocycles. The highest BCUT2D eigenvalue weighted by Gasteiger charge is 2.21. The molecule has 0 aliphatic rings. The van der Waals surface area contributed by atoms with Crippen LogP contribution < -0.4 is 4.74 Å². The first-order valence-corrected chi connectivity index (χ1v) is 8.49. The van der Waals surface area contributed by atoms with E-state index in [0.717, 1.165) is 11.3 Å². The summed E-state index contributed by atoms with van der Waals surface area (Å²) in [5.74, 6) is 1.58. The Labute approximate surface area is 140 Å². The summed E-state index contributed by atoms with van der Waals surface area (Å²) in [4.78, 5) is 18.6. The van der Waals surface area contributed by atoms with E-state index in [4.69, 9.17) is 4.74 Å². The van der Waals surface area contributed by atoms with Crippen molar-refractivity contribution in [3.8, 4) is 17.1 Å². The Kier molecular flexibility index (Phi) is 6.04. The fraction of sp³-hybridized carbons (Fsp3) is 0.438. The Balaban J connectivity index is 2.05. The number of thioether (sulfide) groups is 1. The average Bonchev–Trinajstić information content (AvgIpc) is 3.04. The minimum absolute atomic E-state index is 0.107. The third-order valence-corrected chi connectivity index (χ3v) is 4.48. The molecular formula is C16H22N4O2S. The largest absolute Gasteiger partial charge is 0.497 e. The third kappa shape index (κ3) is 4.25. The molecule has 0 aliphatic heterocycles. The van der Waals surface area contributed by atoms with E-state index in [2.05, 4.69) is 15.2 Å². The van der Waals surface area contributed by atoms with Crippen LogP contribution in [-0.2, 0) is 4.79 Å². The van der Waals surface area contributed by atoms with Crippen LogP contribution in [-0.4, -0.2) is 51.4 Å². The standard InChI is InChI=1S/C16H22N4O2S/c1-5-20(6-2)15(21)11(3)23-16-17-14(18-19-16)12-7-9-13(22-4)10-8-12/h7-11H,5-6H2,1-4H3,(H,17,18,19). The van der Waals surface area contributed by atoms with E-state index in [0.29, 0.717) is 24.1 Å². The van der Waals surface area contributed by atoms with E-state index in [9.17, 15) is 4.79 Å². The van der Waals surface area contributed by atoms with Gasteiger partial charge in [-0.05, 0) is 45.0 Å². The molecule has 1 aromatic carbocycles. The average molecular weight is 334 g/mol. The first-order chi connectivity index (χ1) is 11.1. The summed E-state index contributed by atoms with van der Waals surface area (Å²) in [5, 5.41) is 7.47. The number of carbonyl (C=O) groups excluding carboxylic acids is 1. The number of nitrogens with one attached hydrogen (secondary N) is 1. The molecule has 23 heavy (non-hydrogen) atoms. The smallest absolute Gasteiger partial charge is 0.235 e.